The molecule has 0 spiro atoms. The van der Waals surface area contributed by atoms with Crippen LogP contribution < -0.4 is 16.2 Å². The minimum atomic E-state index is 0.687. The maximum absolute atomic E-state index is 5.37. The van der Waals surface area contributed by atoms with Crippen molar-refractivity contribution in [3.63, 3.8) is 0 Å². The number of hydrazine groups is 1. The van der Waals surface area contributed by atoms with Crippen LogP contribution in [0.2, 0.25) is 0 Å². The van der Waals surface area contributed by atoms with Crippen LogP contribution in [0.4, 0.5) is 11.5 Å². The Balaban J connectivity index is 2.08. The third-order valence-corrected chi connectivity index (χ3v) is 3.18. The van der Waals surface area contributed by atoms with Crippen molar-refractivity contribution in [2.75, 3.05) is 17.4 Å². The first kappa shape index (κ1) is 13.4. The average molecular weight is 256 g/mol. The van der Waals surface area contributed by atoms with Gasteiger partial charge in [0, 0.05) is 25.5 Å². The Labute approximate surface area is 114 Å². The number of hydrogen-bond acceptors (Lipinski definition) is 4. The van der Waals surface area contributed by atoms with Crippen molar-refractivity contribution >= 4 is 11.5 Å². The molecule has 0 saturated carbocycles. The Kier molecular flexibility index (Phi) is 4.36. The first-order valence-corrected chi connectivity index (χ1v) is 6.44. The number of aryl methyl sites for hydroxylation is 1. The number of pyridine rings is 1. The normalized spacial score (nSPS) is 10.3. The molecule has 3 N–H and O–H groups in total. The summed E-state index contributed by atoms with van der Waals surface area (Å²) in [5, 5.41) is 0. The maximum Gasteiger partial charge on any atom is 0.140 e. The van der Waals surface area contributed by atoms with Crippen LogP contribution in [0.1, 0.15) is 18.1 Å². The summed E-state index contributed by atoms with van der Waals surface area (Å²) >= 11 is 0. The van der Waals surface area contributed by atoms with Crippen molar-refractivity contribution in [1.82, 2.24) is 4.98 Å². The number of anilines is 2. The molecule has 1 heterocycles. The molecule has 0 saturated heterocycles. The average Bonchev–Trinajstić information content (AvgIpc) is 2.47. The number of benzene rings is 1. The topological polar surface area (TPSA) is 54.2 Å². The van der Waals surface area contributed by atoms with Crippen molar-refractivity contribution in [3.05, 3.63) is 53.7 Å². The molecule has 4 nitrogen and oxygen atoms in total. The second-order valence-electron chi connectivity index (χ2n) is 4.57. The number of nitrogens with two attached hydrogens (primary N) is 1. The van der Waals surface area contributed by atoms with E-state index in [1.807, 2.05) is 12.1 Å². The lowest BCUT2D eigenvalue weighted by Gasteiger charge is -2.20. The molecule has 0 amide bonds. The first-order valence-electron chi connectivity index (χ1n) is 6.44. The van der Waals surface area contributed by atoms with Crippen LogP contribution in [0.5, 0.6) is 0 Å². The minimum absolute atomic E-state index is 0.687. The van der Waals surface area contributed by atoms with Gasteiger partial charge in [0.05, 0.1) is 0 Å². The third-order valence-electron chi connectivity index (χ3n) is 3.18. The van der Waals surface area contributed by atoms with Gasteiger partial charge in [-0.1, -0.05) is 19.1 Å². The Bertz CT molecular complexity index is 522. The monoisotopic (exact) mass is 256 g/mol. The standard InChI is InChI=1S/C15H20N4/c1-3-12-4-6-14(7-5-12)19(2)11-13-8-9-17-15(10-13)18-16/h4-10H,3,11,16H2,1-2H3,(H,17,18). The van der Waals surface area contributed by atoms with Crippen LogP contribution in [-0.2, 0) is 13.0 Å². The van der Waals surface area contributed by atoms with E-state index in [2.05, 4.69) is 53.5 Å². The molecule has 0 unspecified atom stereocenters. The number of rotatable bonds is 5. The van der Waals surface area contributed by atoms with Crippen LogP contribution in [0.3, 0.4) is 0 Å². The fourth-order valence-electron chi connectivity index (χ4n) is 2.00. The Morgan fingerprint density at radius 1 is 1.16 bits per heavy atom. The lowest BCUT2D eigenvalue weighted by molar-refractivity contribution is 0.918. The molecule has 0 aliphatic heterocycles. The molecule has 1 aromatic carbocycles. The predicted octanol–water partition coefficient (Wildman–Crippen LogP) is 2.57. The van der Waals surface area contributed by atoms with E-state index in [9.17, 15) is 0 Å². The van der Waals surface area contributed by atoms with Gasteiger partial charge in [0.2, 0.25) is 0 Å². The van der Waals surface area contributed by atoms with Crippen molar-refractivity contribution < 1.29 is 0 Å². The largest absolute Gasteiger partial charge is 0.370 e. The molecule has 2 aromatic rings. The Morgan fingerprint density at radius 2 is 1.89 bits per heavy atom. The van der Waals surface area contributed by atoms with Crippen LogP contribution in [0.15, 0.2) is 42.6 Å². The Hall–Kier alpha value is -2.07. The highest BCUT2D eigenvalue weighted by atomic mass is 15.2. The summed E-state index contributed by atoms with van der Waals surface area (Å²) in [6.45, 7) is 2.99. The molecule has 1 aromatic heterocycles. The SMILES string of the molecule is CCc1ccc(N(C)Cc2ccnc(NN)c2)cc1. The molecule has 0 fully saturated rings. The first-order chi connectivity index (χ1) is 9.22. The Morgan fingerprint density at radius 3 is 2.53 bits per heavy atom. The number of nitrogens with one attached hydrogen (secondary N) is 1. The van der Waals surface area contributed by atoms with E-state index in [4.69, 9.17) is 5.84 Å². The maximum atomic E-state index is 5.37. The third kappa shape index (κ3) is 3.45. The van der Waals surface area contributed by atoms with Gasteiger partial charge in [0.25, 0.3) is 0 Å². The van der Waals surface area contributed by atoms with Gasteiger partial charge in [-0.3, -0.25) is 0 Å². The second kappa shape index (κ2) is 6.20. The van der Waals surface area contributed by atoms with Crippen LogP contribution >= 0.6 is 0 Å². The molecular formula is C15H20N4. The molecule has 0 radical (unpaired) electrons. The van der Waals surface area contributed by atoms with E-state index in [0.717, 1.165) is 13.0 Å². The summed E-state index contributed by atoms with van der Waals surface area (Å²) in [6, 6.07) is 12.6. The zero-order chi connectivity index (χ0) is 13.7. The highest BCUT2D eigenvalue weighted by Crippen LogP contribution is 2.17. The van der Waals surface area contributed by atoms with Gasteiger partial charge in [-0.05, 0) is 41.8 Å². The zero-order valence-corrected chi connectivity index (χ0v) is 11.4. The minimum Gasteiger partial charge on any atom is -0.370 e. The molecule has 0 aliphatic carbocycles. The van der Waals surface area contributed by atoms with E-state index in [1.165, 1.54) is 16.8 Å². The molecule has 0 atom stereocenters. The van der Waals surface area contributed by atoms with Crippen LogP contribution in [0, 0.1) is 0 Å². The summed E-state index contributed by atoms with van der Waals surface area (Å²) in [4.78, 5) is 6.31. The summed E-state index contributed by atoms with van der Waals surface area (Å²) in [5.41, 5.74) is 6.30. The second-order valence-corrected chi connectivity index (χ2v) is 4.57. The lowest BCUT2D eigenvalue weighted by atomic mass is 10.1. The molecule has 0 aliphatic rings. The molecule has 100 valence electrons. The van der Waals surface area contributed by atoms with Crippen LogP contribution in [0.25, 0.3) is 0 Å². The van der Waals surface area contributed by atoms with Crippen LogP contribution in [-0.4, -0.2) is 12.0 Å². The number of aromatic nitrogens is 1. The molecule has 4 heteroatoms. The van der Waals surface area contributed by atoms with Gasteiger partial charge in [0.1, 0.15) is 5.82 Å². The number of nitrogens with zero attached hydrogens (tertiary/aromatic N) is 2. The fourth-order valence-corrected chi connectivity index (χ4v) is 2.00. The smallest absolute Gasteiger partial charge is 0.140 e. The van der Waals surface area contributed by atoms with Gasteiger partial charge < -0.3 is 10.3 Å². The quantitative estimate of drug-likeness (QED) is 0.637. The predicted molar refractivity (Wildman–Crippen MR) is 80.0 cm³/mol. The molecular weight excluding hydrogens is 236 g/mol. The number of hydrogen-bond donors (Lipinski definition) is 2. The van der Waals surface area contributed by atoms with E-state index in [0.29, 0.717) is 5.82 Å². The van der Waals surface area contributed by atoms with E-state index in [1.54, 1.807) is 6.20 Å². The van der Waals surface area contributed by atoms with E-state index < -0.39 is 0 Å². The van der Waals surface area contributed by atoms with Gasteiger partial charge in [-0.2, -0.15) is 0 Å². The van der Waals surface area contributed by atoms with E-state index in [-0.39, 0.29) is 0 Å². The number of nitrogen functional groups attached to an aromatic ring is 1. The van der Waals surface area contributed by atoms with E-state index >= 15 is 0 Å². The summed E-state index contributed by atoms with van der Waals surface area (Å²) in [5.74, 6) is 6.05. The molecule has 0 bridgehead atoms. The van der Waals surface area contributed by atoms with Crippen molar-refractivity contribution in [2.45, 2.75) is 19.9 Å². The van der Waals surface area contributed by atoms with Gasteiger partial charge in [0.15, 0.2) is 0 Å². The van der Waals surface area contributed by atoms with Gasteiger partial charge >= 0.3 is 0 Å². The van der Waals surface area contributed by atoms with Crippen molar-refractivity contribution in [1.29, 1.82) is 0 Å². The molecule has 2 rings (SSSR count). The molecule has 19 heavy (non-hydrogen) atoms. The zero-order valence-electron chi connectivity index (χ0n) is 11.4. The van der Waals surface area contributed by atoms with Gasteiger partial charge in [-0.15, -0.1) is 0 Å². The highest BCUT2D eigenvalue weighted by Gasteiger charge is 2.03. The van der Waals surface area contributed by atoms with Crippen molar-refractivity contribution in [2.24, 2.45) is 5.84 Å². The summed E-state index contributed by atoms with van der Waals surface area (Å²) in [7, 11) is 2.08. The lowest BCUT2D eigenvalue weighted by Crippen LogP contribution is -2.17. The highest BCUT2D eigenvalue weighted by molar-refractivity contribution is 5.48. The van der Waals surface area contributed by atoms with Crippen molar-refractivity contribution in [3.8, 4) is 0 Å². The summed E-state index contributed by atoms with van der Waals surface area (Å²) in [6.07, 6.45) is 2.83. The summed E-state index contributed by atoms with van der Waals surface area (Å²) < 4.78 is 0. The fraction of sp³-hybridized carbons (Fsp3) is 0.267. The van der Waals surface area contributed by atoms with Gasteiger partial charge in [-0.25, -0.2) is 10.8 Å².